The van der Waals surface area contributed by atoms with Crippen molar-refractivity contribution in [3.63, 3.8) is 0 Å². The molecule has 0 amide bonds. The first-order valence-electron chi connectivity index (χ1n) is 7.86. The van der Waals surface area contributed by atoms with Crippen molar-refractivity contribution in [1.29, 1.82) is 0 Å². The molecule has 1 aliphatic heterocycles. The number of hydrogen-bond acceptors (Lipinski definition) is 5. The van der Waals surface area contributed by atoms with Gasteiger partial charge in [0, 0.05) is 6.42 Å². The Balaban J connectivity index is 1.77. The molecule has 0 fully saturated rings. The highest BCUT2D eigenvalue weighted by molar-refractivity contribution is 7.88. The molecule has 3 aromatic rings. The second-order valence-electron chi connectivity index (χ2n) is 5.95. The predicted octanol–water partition coefficient (Wildman–Crippen LogP) is 2.74. The van der Waals surface area contributed by atoms with Crippen molar-refractivity contribution in [2.75, 3.05) is 6.26 Å². The lowest BCUT2D eigenvalue weighted by Crippen LogP contribution is -2.26. The Morgan fingerprint density at radius 3 is 2.40 bits per heavy atom. The number of para-hydroxylation sites is 2. The van der Waals surface area contributed by atoms with Crippen LogP contribution in [0.25, 0.3) is 11.0 Å². The number of hydrogen-bond donors (Lipinski definition) is 0. The Kier molecular flexibility index (Phi) is 3.73. The maximum Gasteiger partial charge on any atom is 0.247 e. The second kappa shape index (κ2) is 5.93. The van der Waals surface area contributed by atoms with Crippen LogP contribution in [0.1, 0.15) is 23.7 Å². The minimum Gasteiger partial charge on any atom is -0.253 e. The molecule has 0 unspecified atom stereocenters. The number of sulfonamides is 1. The lowest BCUT2D eigenvalue weighted by molar-refractivity contribution is 0.368. The number of hydrazone groups is 1. The molecule has 2 heterocycles. The Bertz CT molecular complexity index is 1060. The van der Waals surface area contributed by atoms with Gasteiger partial charge in [0.05, 0.1) is 34.9 Å². The van der Waals surface area contributed by atoms with Gasteiger partial charge in [-0.05, 0) is 17.7 Å². The van der Waals surface area contributed by atoms with Crippen molar-refractivity contribution < 1.29 is 8.42 Å². The van der Waals surface area contributed by atoms with E-state index >= 15 is 0 Å². The molecular formula is C18H16N4O2S. The molecule has 0 N–H and O–H groups in total. The summed E-state index contributed by atoms with van der Waals surface area (Å²) in [6.07, 6.45) is 3.25. The van der Waals surface area contributed by atoms with Crippen LogP contribution in [-0.4, -0.2) is 34.8 Å². The van der Waals surface area contributed by atoms with Crippen molar-refractivity contribution in [2.45, 2.75) is 12.5 Å². The summed E-state index contributed by atoms with van der Waals surface area (Å²) in [5, 5.41) is 4.36. The fourth-order valence-electron chi connectivity index (χ4n) is 2.95. The maximum atomic E-state index is 12.2. The van der Waals surface area contributed by atoms with Crippen LogP contribution in [0.3, 0.4) is 0 Å². The fraction of sp³-hybridized carbons (Fsp3) is 0.167. The highest BCUT2D eigenvalue weighted by atomic mass is 32.2. The largest absolute Gasteiger partial charge is 0.253 e. The zero-order chi connectivity index (χ0) is 17.4. The van der Waals surface area contributed by atoms with Gasteiger partial charge in [-0.25, -0.2) is 13.4 Å². The zero-order valence-corrected chi connectivity index (χ0v) is 14.4. The first kappa shape index (κ1) is 15.7. The smallest absolute Gasteiger partial charge is 0.247 e. The number of aromatic nitrogens is 2. The number of fused-ring (bicyclic) bond motifs is 1. The van der Waals surface area contributed by atoms with E-state index in [1.165, 1.54) is 0 Å². The molecule has 0 radical (unpaired) electrons. The molecule has 126 valence electrons. The van der Waals surface area contributed by atoms with Crippen molar-refractivity contribution in [3.8, 4) is 0 Å². The normalized spacial score (nSPS) is 17.7. The van der Waals surface area contributed by atoms with Crippen LogP contribution in [0, 0.1) is 0 Å². The molecule has 2 aromatic carbocycles. The molecule has 1 aliphatic rings. The van der Waals surface area contributed by atoms with Crippen molar-refractivity contribution in [1.82, 2.24) is 14.4 Å². The van der Waals surface area contributed by atoms with Crippen LogP contribution in [-0.2, 0) is 10.0 Å². The average Bonchev–Trinajstić information content (AvgIpc) is 3.08. The van der Waals surface area contributed by atoms with E-state index < -0.39 is 16.1 Å². The molecule has 7 heteroatoms. The third-order valence-electron chi connectivity index (χ3n) is 4.13. The van der Waals surface area contributed by atoms with E-state index in [0.717, 1.165) is 33.0 Å². The summed E-state index contributed by atoms with van der Waals surface area (Å²) in [6, 6.07) is 16.6. The molecule has 0 aliphatic carbocycles. The Morgan fingerprint density at radius 2 is 1.68 bits per heavy atom. The fourth-order valence-corrected chi connectivity index (χ4v) is 3.84. The average molecular weight is 352 g/mol. The SMILES string of the molecule is CS(=O)(=O)N1N=C(c2ccccc2)C[C@@H]1c1cnc2ccccc2n1. The Morgan fingerprint density at radius 1 is 1.00 bits per heavy atom. The van der Waals surface area contributed by atoms with E-state index in [1.807, 2.05) is 54.6 Å². The van der Waals surface area contributed by atoms with Crippen LogP contribution >= 0.6 is 0 Å². The van der Waals surface area contributed by atoms with Gasteiger partial charge in [-0.15, -0.1) is 0 Å². The van der Waals surface area contributed by atoms with E-state index in [0.29, 0.717) is 12.1 Å². The van der Waals surface area contributed by atoms with Crippen LogP contribution < -0.4 is 0 Å². The van der Waals surface area contributed by atoms with E-state index in [1.54, 1.807) is 6.20 Å². The number of benzene rings is 2. The zero-order valence-electron chi connectivity index (χ0n) is 13.6. The Labute approximate surface area is 145 Å². The van der Waals surface area contributed by atoms with Crippen molar-refractivity contribution >= 4 is 26.8 Å². The minimum atomic E-state index is -3.52. The van der Waals surface area contributed by atoms with Gasteiger partial charge in [-0.2, -0.15) is 9.52 Å². The van der Waals surface area contributed by atoms with Gasteiger partial charge in [0.2, 0.25) is 10.0 Å². The summed E-state index contributed by atoms with van der Waals surface area (Å²) in [6.45, 7) is 0. The molecule has 4 rings (SSSR count). The molecule has 25 heavy (non-hydrogen) atoms. The highest BCUT2D eigenvalue weighted by Crippen LogP contribution is 2.33. The van der Waals surface area contributed by atoms with E-state index in [-0.39, 0.29) is 0 Å². The molecule has 1 atom stereocenters. The first-order chi connectivity index (χ1) is 12.0. The standard InChI is InChI=1S/C18H16N4O2S/c1-25(23,24)22-18(11-16(21-22)13-7-3-2-4-8-13)17-12-19-14-9-5-6-10-15(14)20-17/h2-10,12,18H,11H2,1H3/t18-/m1/s1. The summed E-state index contributed by atoms with van der Waals surface area (Å²) in [5.74, 6) is 0. The molecular weight excluding hydrogens is 336 g/mol. The lowest BCUT2D eigenvalue weighted by atomic mass is 10.0. The summed E-state index contributed by atoms with van der Waals surface area (Å²) in [7, 11) is -3.52. The second-order valence-corrected chi connectivity index (χ2v) is 7.79. The van der Waals surface area contributed by atoms with E-state index in [4.69, 9.17) is 0 Å². The third kappa shape index (κ3) is 2.98. The van der Waals surface area contributed by atoms with Crippen LogP contribution in [0.15, 0.2) is 65.9 Å². The Hall–Kier alpha value is -2.80. The van der Waals surface area contributed by atoms with Crippen molar-refractivity contribution in [3.05, 3.63) is 72.1 Å². The summed E-state index contributed by atoms with van der Waals surface area (Å²) < 4.78 is 25.6. The monoisotopic (exact) mass is 352 g/mol. The molecule has 0 saturated heterocycles. The summed E-state index contributed by atoms with van der Waals surface area (Å²) in [4.78, 5) is 9.01. The minimum absolute atomic E-state index is 0.462. The topological polar surface area (TPSA) is 75.5 Å². The maximum absolute atomic E-state index is 12.2. The summed E-state index contributed by atoms with van der Waals surface area (Å²) in [5.41, 5.74) is 3.75. The first-order valence-corrected chi connectivity index (χ1v) is 9.71. The quantitative estimate of drug-likeness (QED) is 0.726. The van der Waals surface area contributed by atoms with Crippen LogP contribution in [0.5, 0.6) is 0 Å². The van der Waals surface area contributed by atoms with Gasteiger partial charge in [-0.1, -0.05) is 42.5 Å². The van der Waals surface area contributed by atoms with E-state index in [2.05, 4.69) is 15.1 Å². The lowest BCUT2D eigenvalue weighted by Gasteiger charge is -2.20. The van der Waals surface area contributed by atoms with Gasteiger partial charge >= 0.3 is 0 Å². The molecule has 0 bridgehead atoms. The van der Waals surface area contributed by atoms with Crippen LogP contribution in [0.4, 0.5) is 0 Å². The third-order valence-corrected chi connectivity index (χ3v) is 5.14. The number of rotatable bonds is 3. The highest BCUT2D eigenvalue weighted by Gasteiger charge is 2.35. The molecule has 0 saturated carbocycles. The summed E-state index contributed by atoms with van der Waals surface area (Å²) >= 11 is 0. The van der Waals surface area contributed by atoms with Gasteiger partial charge < -0.3 is 0 Å². The van der Waals surface area contributed by atoms with Crippen molar-refractivity contribution in [2.24, 2.45) is 5.10 Å². The van der Waals surface area contributed by atoms with Crippen LogP contribution in [0.2, 0.25) is 0 Å². The number of nitrogens with zero attached hydrogens (tertiary/aromatic N) is 4. The molecule has 6 nitrogen and oxygen atoms in total. The predicted molar refractivity (Wildman–Crippen MR) is 96.6 cm³/mol. The molecule has 0 spiro atoms. The van der Waals surface area contributed by atoms with E-state index in [9.17, 15) is 8.42 Å². The van der Waals surface area contributed by atoms with Gasteiger partial charge in [0.25, 0.3) is 0 Å². The van der Waals surface area contributed by atoms with Gasteiger partial charge in [-0.3, -0.25) is 4.98 Å². The van der Waals surface area contributed by atoms with Gasteiger partial charge in [0.15, 0.2) is 0 Å². The van der Waals surface area contributed by atoms with Gasteiger partial charge in [0.1, 0.15) is 6.04 Å². The molecule has 1 aromatic heterocycles.